The highest BCUT2D eigenvalue weighted by atomic mass is 32.1. The van der Waals surface area contributed by atoms with Gasteiger partial charge >= 0.3 is 5.97 Å². The van der Waals surface area contributed by atoms with Gasteiger partial charge in [-0.3, -0.25) is 4.79 Å². The first-order valence-corrected chi connectivity index (χ1v) is 6.39. The molecule has 0 aliphatic heterocycles. The molecule has 18 heavy (non-hydrogen) atoms. The second-order valence-corrected chi connectivity index (χ2v) is 4.18. The largest absolute Gasteiger partial charge is 0.462 e. The average Bonchev–Trinajstić information content (AvgIpc) is 2.35. The summed E-state index contributed by atoms with van der Waals surface area (Å²) in [6, 6.07) is 0. The Bertz CT molecular complexity index is 200. The molecule has 0 saturated carbocycles. The van der Waals surface area contributed by atoms with E-state index in [-0.39, 0.29) is 19.2 Å². The van der Waals surface area contributed by atoms with Crippen molar-refractivity contribution in [3.05, 3.63) is 0 Å². The van der Waals surface area contributed by atoms with E-state index >= 15 is 0 Å². The van der Waals surface area contributed by atoms with E-state index in [1.807, 2.05) is 0 Å². The molecule has 0 aromatic rings. The third-order valence-corrected chi connectivity index (χ3v) is 2.00. The van der Waals surface area contributed by atoms with Crippen LogP contribution in [-0.4, -0.2) is 69.2 Å². The number of carbonyl (C=O) groups excluding carboxylic acids is 1. The zero-order chi connectivity index (χ0) is 13.6. The van der Waals surface area contributed by atoms with Gasteiger partial charge in [-0.1, -0.05) is 0 Å². The molecule has 108 valence electrons. The summed E-state index contributed by atoms with van der Waals surface area (Å²) in [5.74, 6) is -0.348. The van der Waals surface area contributed by atoms with Crippen molar-refractivity contribution < 1.29 is 28.8 Å². The van der Waals surface area contributed by atoms with E-state index in [0.29, 0.717) is 39.6 Å². The molecule has 0 radical (unpaired) electrons. The zero-order valence-electron chi connectivity index (χ0n) is 10.7. The van der Waals surface area contributed by atoms with E-state index in [1.54, 1.807) is 6.92 Å². The van der Waals surface area contributed by atoms with E-state index < -0.39 is 5.25 Å². The second-order valence-electron chi connectivity index (χ2n) is 3.40. The first-order chi connectivity index (χ1) is 8.68. The summed E-state index contributed by atoms with van der Waals surface area (Å²) in [6.07, 6.45) is 0. The van der Waals surface area contributed by atoms with Gasteiger partial charge in [0.05, 0.1) is 51.5 Å². The van der Waals surface area contributed by atoms with Gasteiger partial charge in [0, 0.05) is 0 Å². The van der Waals surface area contributed by atoms with E-state index in [4.69, 9.17) is 24.1 Å². The van der Waals surface area contributed by atoms with Crippen LogP contribution in [0.1, 0.15) is 6.92 Å². The molecule has 1 N–H and O–H groups in total. The number of esters is 1. The quantitative estimate of drug-likeness (QED) is 0.296. The summed E-state index contributed by atoms with van der Waals surface area (Å²) in [5, 5.41) is 8.03. The van der Waals surface area contributed by atoms with Crippen LogP contribution in [0.2, 0.25) is 0 Å². The highest BCUT2D eigenvalue weighted by Crippen LogP contribution is 1.95. The minimum absolute atomic E-state index is 0.0206. The van der Waals surface area contributed by atoms with Gasteiger partial charge in [-0.05, 0) is 6.92 Å². The van der Waals surface area contributed by atoms with Crippen LogP contribution < -0.4 is 0 Å². The van der Waals surface area contributed by atoms with Gasteiger partial charge in [0.1, 0.15) is 6.61 Å². The summed E-state index contributed by atoms with van der Waals surface area (Å²) in [4.78, 5) is 11.0. The summed E-state index contributed by atoms with van der Waals surface area (Å²) in [5.41, 5.74) is 0. The number of thiol groups is 1. The summed E-state index contributed by atoms with van der Waals surface area (Å²) >= 11 is 3.94. The van der Waals surface area contributed by atoms with E-state index in [0.717, 1.165) is 0 Å². The van der Waals surface area contributed by atoms with Crippen molar-refractivity contribution in [1.29, 1.82) is 0 Å². The number of ether oxygens (including phenoxy) is 4. The molecule has 0 aromatic heterocycles. The molecule has 7 heteroatoms. The summed E-state index contributed by atoms with van der Waals surface area (Å²) < 4.78 is 20.2. The normalized spacial score (nSPS) is 12.4. The van der Waals surface area contributed by atoms with Gasteiger partial charge in [0.2, 0.25) is 0 Å². The minimum Gasteiger partial charge on any atom is -0.462 e. The van der Waals surface area contributed by atoms with Crippen LogP contribution in [0.4, 0.5) is 0 Å². The number of hydrogen-bond acceptors (Lipinski definition) is 7. The van der Waals surface area contributed by atoms with Crippen molar-refractivity contribution in [2.75, 3.05) is 52.9 Å². The molecule has 6 nitrogen and oxygen atoms in total. The molecule has 1 atom stereocenters. The van der Waals surface area contributed by atoms with Gasteiger partial charge in [0.15, 0.2) is 0 Å². The predicted octanol–water partition coefficient (Wildman–Crippen LogP) is -0.110. The Morgan fingerprint density at radius 3 is 1.89 bits per heavy atom. The SMILES string of the molecule is CC(S)C(=O)OCCOCCOCCOCCO. The first kappa shape index (κ1) is 17.7. The molecule has 0 aliphatic rings. The van der Waals surface area contributed by atoms with Crippen molar-refractivity contribution in [3.63, 3.8) is 0 Å². The summed E-state index contributed by atoms with van der Waals surface area (Å²) in [7, 11) is 0. The Labute approximate surface area is 113 Å². The fraction of sp³-hybridized carbons (Fsp3) is 0.909. The molecule has 0 fully saturated rings. The van der Waals surface area contributed by atoms with Crippen molar-refractivity contribution in [2.24, 2.45) is 0 Å². The van der Waals surface area contributed by atoms with Crippen LogP contribution in [0.15, 0.2) is 0 Å². The number of rotatable bonds is 12. The highest BCUT2D eigenvalue weighted by Gasteiger charge is 2.07. The van der Waals surface area contributed by atoms with Gasteiger partial charge in [-0.15, -0.1) is 0 Å². The fourth-order valence-corrected chi connectivity index (χ4v) is 1.00. The molecule has 0 amide bonds. The molecule has 0 aromatic carbocycles. The van der Waals surface area contributed by atoms with Crippen LogP contribution >= 0.6 is 12.6 Å². The van der Waals surface area contributed by atoms with Crippen molar-refractivity contribution >= 4 is 18.6 Å². The zero-order valence-corrected chi connectivity index (χ0v) is 11.6. The lowest BCUT2D eigenvalue weighted by molar-refractivity contribution is -0.144. The van der Waals surface area contributed by atoms with Crippen LogP contribution in [0.25, 0.3) is 0 Å². The first-order valence-electron chi connectivity index (χ1n) is 5.87. The van der Waals surface area contributed by atoms with Crippen molar-refractivity contribution in [2.45, 2.75) is 12.2 Å². The standard InChI is InChI=1S/C11H22O6S/c1-10(18)11(13)17-9-8-16-7-6-15-5-4-14-3-2-12/h10,12,18H,2-9H2,1H3. The molecule has 1 unspecified atom stereocenters. The minimum atomic E-state index is -0.410. The third kappa shape index (κ3) is 12.1. The predicted molar refractivity (Wildman–Crippen MR) is 68.9 cm³/mol. The molecule has 0 saturated heterocycles. The Morgan fingerprint density at radius 1 is 1.00 bits per heavy atom. The van der Waals surface area contributed by atoms with Crippen molar-refractivity contribution in [3.8, 4) is 0 Å². The smallest absolute Gasteiger partial charge is 0.318 e. The number of aliphatic hydroxyl groups is 1. The second kappa shape index (κ2) is 13.1. The maximum absolute atomic E-state index is 11.0. The number of aliphatic hydroxyl groups excluding tert-OH is 1. The van der Waals surface area contributed by atoms with Crippen LogP contribution in [-0.2, 0) is 23.7 Å². The lowest BCUT2D eigenvalue weighted by Gasteiger charge is -2.08. The molecule has 0 bridgehead atoms. The number of hydrogen-bond donors (Lipinski definition) is 2. The van der Waals surface area contributed by atoms with Crippen LogP contribution in [0, 0.1) is 0 Å². The maximum Gasteiger partial charge on any atom is 0.318 e. The van der Waals surface area contributed by atoms with Crippen molar-refractivity contribution in [1.82, 2.24) is 0 Å². The van der Waals surface area contributed by atoms with E-state index in [1.165, 1.54) is 0 Å². The molecule has 0 rings (SSSR count). The van der Waals surface area contributed by atoms with E-state index in [2.05, 4.69) is 12.6 Å². The topological polar surface area (TPSA) is 74.2 Å². The maximum atomic E-state index is 11.0. The molecular formula is C11H22O6S. The third-order valence-electron chi connectivity index (χ3n) is 1.79. The lowest BCUT2D eigenvalue weighted by Crippen LogP contribution is -2.18. The van der Waals surface area contributed by atoms with Crippen LogP contribution in [0.5, 0.6) is 0 Å². The highest BCUT2D eigenvalue weighted by molar-refractivity contribution is 7.81. The Morgan fingerprint density at radius 2 is 1.44 bits per heavy atom. The Hall–Kier alpha value is -0.340. The monoisotopic (exact) mass is 282 g/mol. The average molecular weight is 282 g/mol. The molecule has 0 spiro atoms. The lowest BCUT2D eigenvalue weighted by atomic mass is 10.5. The van der Waals surface area contributed by atoms with Gasteiger partial charge in [-0.2, -0.15) is 12.6 Å². The Kier molecular flexibility index (Phi) is 12.9. The number of carbonyl (C=O) groups is 1. The molecular weight excluding hydrogens is 260 g/mol. The fourth-order valence-electron chi connectivity index (χ4n) is 0.928. The molecule has 0 heterocycles. The van der Waals surface area contributed by atoms with Crippen LogP contribution in [0.3, 0.4) is 0 Å². The van der Waals surface area contributed by atoms with Gasteiger partial charge in [0.25, 0.3) is 0 Å². The van der Waals surface area contributed by atoms with E-state index in [9.17, 15) is 4.79 Å². The van der Waals surface area contributed by atoms with Gasteiger partial charge in [-0.25, -0.2) is 0 Å². The molecule has 0 aliphatic carbocycles. The summed E-state index contributed by atoms with van der Waals surface area (Å²) in [6.45, 7) is 4.39. The Balaban J connectivity index is 3.05. The van der Waals surface area contributed by atoms with Gasteiger partial charge < -0.3 is 24.1 Å².